The lowest BCUT2D eigenvalue weighted by atomic mass is 10.2. The Morgan fingerprint density at radius 3 is 2.24 bits per heavy atom. The summed E-state index contributed by atoms with van der Waals surface area (Å²) >= 11 is 23.0. The summed E-state index contributed by atoms with van der Waals surface area (Å²) in [7, 11) is 0. The molecular formula is C19H16Cl3N3O3S. The Balaban J connectivity index is 2.05. The van der Waals surface area contributed by atoms with Crippen molar-refractivity contribution in [3.8, 4) is 0 Å². The first-order valence-electron chi connectivity index (χ1n) is 8.17. The van der Waals surface area contributed by atoms with E-state index >= 15 is 0 Å². The third kappa shape index (κ3) is 7.55. The van der Waals surface area contributed by atoms with Crippen LogP contribution in [0.4, 0.5) is 5.69 Å². The van der Waals surface area contributed by atoms with Gasteiger partial charge in [-0.05, 0) is 36.0 Å². The Kier molecular flexibility index (Phi) is 8.28. The summed E-state index contributed by atoms with van der Waals surface area (Å²) in [6, 6.07) is 15.3. The van der Waals surface area contributed by atoms with Gasteiger partial charge in [-0.25, -0.2) is 4.79 Å². The molecule has 2 rings (SSSR count). The lowest BCUT2D eigenvalue weighted by Gasteiger charge is -2.27. The first-order chi connectivity index (χ1) is 13.7. The van der Waals surface area contributed by atoms with Gasteiger partial charge >= 0.3 is 5.97 Å². The second kappa shape index (κ2) is 10.5. The van der Waals surface area contributed by atoms with Crippen LogP contribution in [-0.4, -0.2) is 32.1 Å². The Hall–Kier alpha value is -2.32. The van der Waals surface area contributed by atoms with Crippen LogP contribution in [0.1, 0.15) is 15.9 Å². The number of nitrogens with one attached hydrogen (secondary N) is 3. The molecule has 1 amide bonds. The van der Waals surface area contributed by atoms with Crippen LogP contribution in [0, 0.1) is 0 Å². The number of thiocarbonyl (C=S) groups is 1. The van der Waals surface area contributed by atoms with Gasteiger partial charge in [0.15, 0.2) is 5.11 Å². The number of carbonyl (C=O) groups excluding carboxylic acids is 1. The SMILES string of the molecule is O=C(/C=C/c1ccccc1)NC(NC(=S)Nc1ccccc1C(=O)O)C(Cl)(Cl)Cl. The van der Waals surface area contributed by atoms with Crippen molar-refractivity contribution in [2.24, 2.45) is 0 Å². The van der Waals surface area contributed by atoms with E-state index < -0.39 is 21.8 Å². The van der Waals surface area contributed by atoms with E-state index in [0.717, 1.165) is 5.56 Å². The fourth-order valence-corrected chi connectivity index (χ4v) is 2.75. The van der Waals surface area contributed by atoms with E-state index in [2.05, 4.69) is 16.0 Å². The lowest BCUT2D eigenvalue weighted by molar-refractivity contribution is -0.117. The normalized spacial score (nSPS) is 12.2. The van der Waals surface area contributed by atoms with Crippen LogP contribution in [0.3, 0.4) is 0 Å². The second-order valence-corrected chi connectivity index (χ2v) is 8.45. The summed E-state index contributed by atoms with van der Waals surface area (Å²) in [5.74, 6) is -1.65. The molecule has 0 saturated carbocycles. The van der Waals surface area contributed by atoms with Crippen molar-refractivity contribution in [2.45, 2.75) is 9.96 Å². The predicted molar refractivity (Wildman–Crippen MR) is 120 cm³/mol. The number of aromatic carboxylic acids is 1. The maximum atomic E-state index is 12.2. The maximum Gasteiger partial charge on any atom is 0.337 e. The summed E-state index contributed by atoms with van der Waals surface area (Å²) in [5, 5.41) is 17.1. The molecule has 2 aromatic rings. The van der Waals surface area contributed by atoms with E-state index in [0.29, 0.717) is 0 Å². The number of hydrogen-bond donors (Lipinski definition) is 4. The number of carboxylic acid groups (broad SMARTS) is 1. The van der Waals surface area contributed by atoms with Crippen LogP contribution >= 0.6 is 47.0 Å². The summed E-state index contributed by atoms with van der Waals surface area (Å²) < 4.78 is -1.94. The number of anilines is 1. The van der Waals surface area contributed by atoms with Crippen LogP contribution < -0.4 is 16.0 Å². The Bertz CT molecular complexity index is 918. The highest BCUT2D eigenvalue weighted by atomic mass is 35.6. The smallest absolute Gasteiger partial charge is 0.337 e. The third-order valence-electron chi connectivity index (χ3n) is 3.52. The van der Waals surface area contributed by atoms with Gasteiger partial charge in [-0.2, -0.15) is 0 Å². The standard InChI is InChI=1S/C19H16Cl3N3O3S/c20-19(21,22)17(24-15(26)11-10-12-6-2-1-3-7-12)25-18(29)23-14-9-5-4-8-13(14)16(27)28/h1-11,17H,(H,24,26)(H,27,28)(H2,23,25,29)/b11-10+. The molecule has 2 aromatic carbocycles. The summed E-state index contributed by atoms with van der Waals surface area (Å²) in [6.45, 7) is 0. The number of halogens is 3. The largest absolute Gasteiger partial charge is 0.478 e. The van der Waals surface area contributed by atoms with Crippen molar-refractivity contribution in [1.82, 2.24) is 10.6 Å². The molecule has 0 fully saturated rings. The number of alkyl halides is 3. The average Bonchev–Trinajstić information content (AvgIpc) is 2.66. The minimum Gasteiger partial charge on any atom is -0.478 e. The zero-order valence-electron chi connectivity index (χ0n) is 14.7. The Labute approximate surface area is 187 Å². The number of amides is 1. The van der Waals surface area contributed by atoms with Gasteiger partial charge in [0.2, 0.25) is 9.70 Å². The van der Waals surface area contributed by atoms with Gasteiger partial charge in [0.05, 0.1) is 11.3 Å². The maximum absolute atomic E-state index is 12.2. The van der Waals surface area contributed by atoms with Crippen LogP contribution in [0.25, 0.3) is 6.08 Å². The fraction of sp³-hybridized carbons (Fsp3) is 0.105. The molecule has 4 N–H and O–H groups in total. The van der Waals surface area contributed by atoms with Crippen LogP contribution in [0.2, 0.25) is 0 Å². The fourth-order valence-electron chi connectivity index (χ4n) is 2.19. The zero-order chi connectivity index (χ0) is 21.4. The molecule has 0 aliphatic rings. The first-order valence-corrected chi connectivity index (χ1v) is 9.71. The number of rotatable bonds is 6. The molecule has 0 saturated heterocycles. The van der Waals surface area contributed by atoms with Crippen LogP contribution in [0.5, 0.6) is 0 Å². The molecule has 6 nitrogen and oxygen atoms in total. The van der Waals surface area contributed by atoms with Gasteiger partial charge < -0.3 is 21.1 Å². The molecular weight excluding hydrogens is 457 g/mol. The van der Waals surface area contributed by atoms with Gasteiger partial charge in [0.25, 0.3) is 0 Å². The molecule has 152 valence electrons. The average molecular weight is 473 g/mol. The Morgan fingerprint density at radius 2 is 1.62 bits per heavy atom. The summed E-state index contributed by atoms with van der Waals surface area (Å²) in [5.41, 5.74) is 1.08. The Morgan fingerprint density at radius 1 is 1.00 bits per heavy atom. The molecule has 10 heteroatoms. The highest BCUT2D eigenvalue weighted by molar-refractivity contribution is 7.80. The van der Waals surface area contributed by atoms with E-state index in [1.54, 1.807) is 18.2 Å². The quantitative estimate of drug-likeness (QED) is 0.218. The topological polar surface area (TPSA) is 90.5 Å². The molecule has 0 bridgehead atoms. The monoisotopic (exact) mass is 471 g/mol. The van der Waals surface area contributed by atoms with Crippen molar-refractivity contribution in [3.05, 3.63) is 71.8 Å². The van der Waals surface area contributed by atoms with E-state index in [4.69, 9.17) is 47.0 Å². The van der Waals surface area contributed by atoms with Crippen LogP contribution in [0.15, 0.2) is 60.7 Å². The van der Waals surface area contributed by atoms with Crippen molar-refractivity contribution in [1.29, 1.82) is 0 Å². The first kappa shape index (κ1) is 23.0. The van der Waals surface area contributed by atoms with Crippen molar-refractivity contribution < 1.29 is 14.7 Å². The minimum absolute atomic E-state index is 0.0110. The lowest BCUT2D eigenvalue weighted by Crippen LogP contribution is -2.55. The molecule has 0 aliphatic carbocycles. The van der Waals surface area contributed by atoms with Crippen molar-refractivity contribution in [3.63, 3.8) is 0 Å². The number of carbonyl (C=O) groups is 2. The van der Waals surface area contributed by atoms with Gasteiger partial charge in [0, 0.05) is 6.08 Å². The van der Waals surface area contributed by atoms with Gasteiger partial charge in [-0.15, -0.1) is 0 Å². The second-order valence-electron chi connectivity index (χ2n) is 5.68. The molecule has 0 heterocycles. The highest BCUT2D eigenvalue weighted by Gasteiger charge is 2.34. The van der Waals surface area contributed by atoms with Gasteiger partial charge in [-0.3, -0.25) is 4.79 Å². The number of para-hydroxylation sites is 1. The molecule has 0 aliphatic heterocycles. The number of carboxylic acids is 1. The van der Waals surface area contributed by atoms with Gasteiger partial charge in [0.1, 0.15) is 6.17 Å². The number of benzene rings is 2. The molecule has 29 heavy (non-hydrogen) atoms. The predicted octanol–water partition coefficient (Wildman–Crippen LogP) is 4.20. The van der Waals surface area contributed by atoms with Crippen LogP contribution in [-0.2, 0) is 4.79 Å². The summed E-state index contributed by atoms with van der Waals surface area (Å²) in [6.07, 6.45) is 1.71. The molecule has 1 atom stereocenters. The summed E-state index contributed by atoms with van der Waals surface area (Å²) in [4.78, 5) is 23.5. The van der Waals surface area contributed by atoms with E-state index in [1.165, 1.54) is 18.2 Å². The van der Waals surface area contributed by atoms with Crippen molar-refractivity contribution in [2.75, 3.05) is 5.32 Å². The van der Waals surface area contributed by atoms with E-state index in [-0.39, 0.29) is 16.4 Å². The molecule has 1 unspecified atom stereocenters. The molecule has 0 radical (unpaired) electrons. The molecule has 0 spiro atoms. The van der Waals surface area contributed by atoms with E-state index in [1.807, 2.05) is 30.3 Å². The highest BCUT2D eigenvalue weighted by Crippen LogP contribution is 2.29. The van der Waals surface area contributed by atoms with E-state index in [9.17, 15) is 14.7 Å². The van der Waals surface area contributed by atoms with Gasteiger partial charge in [-0.1, -0.05) is 77.3 Å². The third-order valence-corrected chi connectivity index (χ3v) is 4.40. The molecule has 0 aromatic heterocycles. The number of hydrogen-bond acceptors (Lipinski definition) is 3. The zero-order valence-corrected chi connectivity index (χ0v) is 17.8. The minimum atomic E-state index is -1.94. The van der Waals surface area contributed by atoms with Crippen molar-refractivity contribution >= 4 is 75.8 Å².